The molecule has 2 amide bonds. The van der Waals surface area contributed by atoms with Gasteiger partial charge >= 0.3 is 6.09 Å². The highest BCUT2D eigenvalue weighted by molar-refractivity contribution is 6.05. The number of carbonyl (C=O) groups is 2. The molecule has 0 spiro atoms. The minimum absolute atomic E-state index is 0.0779. The van der Waals surface area contributed by atoms with Gasteiger partial charge in [0.25, 0.3) is 5.91 Å². The third kappa shape index (κ3) is 6.12. The first-order valence-electron chi connectivity index (χ1n) is 12.3. The minimum atomic E-state index is -0.493. The van der Waals surface area contributed by atoms with E-state index in [0.717, 1.165) is 36.7 Å². The molecule has 1 fully saturated rings. The molecule has 0 aliphatic carbocycles. The lowest BCUT2D eigenvalue weighted by molar-refractivity contribution is 0.000552. The SMILES string of the molecule is C[C@H]1CN(Cc2ccc(N(C)C(=O)c3ccc(-n4cccc4)nc3)cc2)CCN1C(=O)OC(C)(C)C. The quantitative estimate of drug-likeness (QED) is 0.524. The summed E-state index contributed by atoms with van der Waals surface area (Å²) in [5.74, 6) is 0.659. The van der Waals surface area contributed by atoms with E-state index in [-0.39, 0.29) is 18.0 Å². The molecule has 2 aromatic heterocycles. The van der Waals surface area contributed by atoms with Gasteiger partial charge in [0.15, 0.2) is 0 Å². The summed E-state index contributed by atoms with van der Waals surface area (Å²) in [6.07, 6.45) is 5.19. The summed E-state index contributed by atoms with van der Waals surface area (Å²) >= 11 is 0. The lowest BCUT2D eigenvalue weighted by Crippen LogP contribution is -2.54. The molecule has 1 atom stereocenters. The van der Waals surface area contributed by atoms with E-state index in [2.05, 4.69) is 28.9 Å². The highest BCUT2D eigenvalue weighted by atomic mass is 16.6. The van der Waals surface area contributed by atoms with E-state index < -0.39 is 5.60 Å². The predicted octanol–water partition coefficient (Wildman–Crippen LogP) is 4.59. The Morgan fingerprint density at radius 2 is 1.75 bits per heavy atom. The average Bonchev–Trinajstić information content (AvgIpc) is 3.38. The van der Waals surface area contributed by atoms with Crippen LogP contribution in [0.4, 0.5) is 10.5 Å². The maximum Gasteiger partial charge on any atom is 0.410 e. The maximum absolute atomic E-state index is 13.0. The Hall–Kier alpha value is -3.65. The van der Waals surface area contributed by atoms with Crippen molar-refractivity contribution < 1.29 is 14.3 Å². The number of anilines is 1. The van der Waals surface area contributed by atoms with Crippen molar-refractivity contribution in [3.8, 4) is 5.82 Å². The first-order chi connectivity index (χ1) is 17.1. The molecule has 36 heavy (non-hydrogen) atoms. The topological polar surface area (TPSA) is 70.9 Å². The molecule has 8 nitrogen and oxygen atoms in total. The molecule has 1 saturated heterocycles. The summed E-state index contributed by atoms with van der Waals surface area (Å²) in [4.78, 5) is 35.7. The van der Waals surface area contributed by atoms with E-state index in [4.69, 9.17) is 4.74 Å². The second kappa shape index (κ2) is 10.5. The van der Waals surface area contributed by atoms with Crippen LogP contribution in [0, 0.1) is 0 Å². The van der Waals surface area contributed by atoms with Gasteiger partial charge in [-0.3, -0.25) is 9.69 Å². The standard InChI is InChI=1S/C28H35N5O3/c1-21-19-31(16-17-33(21)27(35)36-28(2,3)4)20-22-8-11-24(12-9-22)30(5)26(34)23-10-13-25(29-18-23)32-14-6-7-15-32/h6-15,18,21H,16-17,19-20H2,1-5H3/t21-/m0/s1. The third-order valence-electron chi connectivity index (χ3n) is 6.24. The van der Waals surface area contributed by atoms with Gasteiger partial charge in [-0.05, 0) is 69.7 Å². The number of pyridine rings is 1. The zero-order valence-electron chi connectivity index (χ0n) is 21.7. The molecular weight excluding hydrogens is 454 g/mol. The number of nitrogens with zero attached hydrogens (tertiary/aromatic N) is 5. The van der Waals surface area contributed by atoms with E-state index in [1.54, 1.807) is 24.2 Å². The van der Waals surface area contributed by atoms with Gasteiger partial charge in [-0.25, -0.2) is 9.78 Å². The second-order valence-electron chi connectivity index (χ2n) is 10.3. The van der Waals surface area contributed by atoms with E-state index >= 15 is 0 Å². The maximum atomic E-state index is 13.0. The zero-order valence-corrected chi connectivity index (χ0v) is 21.7. The normalized spacial score (nSPS) is 16.6. The fourth-order valence-corrected chi connectivity index (χ4v) is 4.32. The van der Waals surface area contributed by atoms with Crippen LogP contribution >= 0.6 is 0 Å². The van der Waals surface area contributed by atoms with Gasteiger partial charge in [0.05, 0.1) is 5.56 Å². The number of amides is 2. The summed E-state index contributed by atoms with van der Waals surface area (Å²) in [7, 11) is 1.77. The van der Waals surface area contributed by atoms with Crippen LogP contribution in [0.1, 0.15) is 43.6 Å². The monoisotopic (exact) mass is 489 g/mol. The van der Waals surface area contributed by atoms with Crippen LogP contribution in [0.3, 0.4) is 0 Å². The van der Waals surface area contributed by atoms with Gasteiger partial charge in [0.1, 0.15) is 11.4 Å². The Morgan fingerprint density at radius 1 is 1.06 bits per heavy atom. The van der Waals surface area contributed by atoms with Crippen LogP contribution in [0.5, 0.6) is 0 Å². The molecule has 190 valence electrons. The van der Waals surface area contributed by atoms with Crippen molar-refractivity contribution >= 4 is 17.7 Å². The van der Waals surface area contributed by atoms with Gasteiger partial charge in [-0.15, -0.1) is 0 Å². The molecule has 0 N–H and O–H groups in total. The van der Waals surface area contributed by atoms with Crippen molar-refractivity contribution in [3.63, 3.8) is 0 Å². The molecule has 3 aromatic rings. The number of aromatic nitrogens is 2. The molecule has 0 saturated carbocycles. The molecule has 0 bridgehead atoms. The van der Waals surface area contributed by atoms with Crippen LogP contribution in [-0.4, -0.2) is 69.7 Å². The fourth-order valence-electron chi connectivity index (χ4n) is 4.32. The average molecular weight is 490 g/mol. The summed E-state index contributed by atoms with van der Waals surface area (Å²) < 4.78 is 7.44. The van der Waals surface area contributed by atoms with Gasteiger partial charge < -0.3 is 19.1 Å². The van der Waals surface area contributed by atoms with E-state index in [1.165, 1.54) is 0 Å². The third-order valence-corrected chi connectivity index (χ3v) is 6.24. The summed E-state index contributed by atoms with van der Waals surface area (Å²) in [5.41, 5.74) is 2.03. The number of hydrogen-bond donors (Lipinski definition) is 0. The number of carbonyl (C=O) groups excluding carboxylic acids is 2. The lowest BCUT2D eigenvalue weighted by atomic mass is 10.1. The Kier molecular flexibility index (Phi) is 7.45. The number of rotatable bonds is 5. The molecule has 3 heterocycles. The lowest BCUT2D eigenvalue weighted by Gasteiger charge is -2.40. The van der Waals surface area contributed by atoms with Crippen LogP contribution < -0.4 is 4.90 Å². The zero-order chi connectivity index (χ0) is 25.9. The first kappa shape index (κ1) is 25.4. The van der Waals surface area contributed by atoms with Gasteiger partial charge in [-0.1, -0.05) is 12.1 Å². The van der Waals surface area contributed by atoms with E-state index in [1.807, 2.05) is 73.0 Å². The van der Waals surface area contributed by atoms with Gasteiger partial charge in [-0.2, -0.15) is 0 Å². The summed E-state index contributed by atoms with van der Waals surface area (Å²) in [5, 5.41) is 0. The van der Waals surface area contributed by atoms with E-state index in [9.17, 15) is 9.59 Å². The Morgan fingerprint density at radius 3 is 2.33 bits per heavy atom. The highest BCUT2D eigenvalue weighted by Crippen LogP contribution is 2.20. The van der Waals surface area contributed by atoms with Crippen LogP contribution in [-0.2, 0) is 11.3 Å². The van der Waals surface area contributed by atoms with Crippen molar-refractivity contribution in [3.05, 3.63) is 78.2 Å². The number of ether oxygens (including phenoxy) is 1. The molecule has 1 aliphatic heterocycles. The van der Waals surface area contributed by atoms with Crippen LogP contribution in [0.25, 0.3) is 5.82 Å². The molecule has 0 radical (unpaired) electrons. The van der Waals surface area contributed by atoms with Gasteiger partial charge in [0.2, 0.25) is 0 Å². The Balaban J connectivity index is 1.32. The molecule has 0 unspecified atom stereocenters. The molecule has 4 rings (SSSR count). The largest absolute Gasteiger partial charge is 0.444 e. The van der Waals surface area contributed by atoms with Crippen molar-refractivity contribution in [1.82, 2.24) is 19.4 Å². The van der Waals surface area contributed by atoms with Gasteiger partial charge in [0, 0.05) is 63.5 Å². The van der Waals surface area contributed by atoms with Crippen molar-refractivity contribution in [2.24, 2.45) is 0 Å². The highest BCUT2D eigenvalue weighted by Gasteiger charge is 2.30. The first-order valence-corrected chi connectivity index (χ1v) is 12.3. The smallest absolute Gasteiger partial charge is 0.410 e. The van der Waals surface area contributed by atoms with Crippen LogP contribution in [0.15, 0.2) is 67.1 Å². The number of piperazine rings is 1. The van der Waals surface area contributed by atoms with Crippen molar-refractivity contribution in [2.75, 3.05) is 31.6 Å². The van der Waals surface area contributed by atoms with Crippen molar-refractivity contribution in [1.29, 1.82) is 0 Å². The molecule has 1 aliphatic rings. The van der Waals surface area contributed by atoms with Crippen molar-refractivity contribution in [2.45, 2.75) is 45.9 Å². The summed E-state index contributed by atoms with van der Waals surface area (Å²) in [6, 6.07) is 15.6. The minimum Gasteiger partial charge on any atom is -0.444 e. The predicted molar refractivity (Wildman–Crippen MR) is 140 cm³/mol. The van der Waals surface area contributed by atoms with E-state index in [0.29, 0.717) is 12.1 Å². The molecular formula is C28H35N5O3. The Bertz CT molecular complexity index is 1170. The molecule has 1 aromatic carbocycles. The fraction of sp³-hybridized carbons (Fsp3) is 0.393. The number of benzene rings is 1. The summed E-state index contributed by atoms with van der Waals surface area (Å²) in [6.45, 7) is 10.7. The Labute approximate surface area is 213 Å². The molecule has 8 heteroatoms. The number of hydrogen-bond acceptors (Lipinski definition) is 5. The second-order valence-corrected chi connectivity index (χ2v) is 10.3. The van der Waals surface area contributed by atoms with Crippen LogP contribution in [0.2, 0.25) is 0 Å².